The fourth-order valence-electron chi connectivity index (χ4n) is 17.2. The number of aliphatic hydroxyl groups is 2. The average molecular weight is 1310 g/mol. The van der Waals surface area contributed by atoms with Gasteiger partial charge >= 0.3 is 0 Å². The molecule has 0 aliphatic rings. The molecule has 15 aromatic carbocycles. The lowest BCUT2D eigenvalue weighted by Crippen LogP contribution is -2.11. The lowest BCUT2D eigenvalue weighted by molar-refractivity contribution is 0.0247. The Hall–Kier alpha value is -7.66. The number of hydrogen-bond donors (Lipinski definition) is 2. The summed E-state index contributed by atoms with van der Waals surface area (Å²) >= 11 is 0. The molecule has 0 amide bonds. The number of hydrogen-bond acceptors (Lipinski definition) is 8. The van der Waals surface area contributed by atoms with Crippen molar-refractivity contribution in [1.82, 2.24) is 0 Å². The summed E-state index contributed by atoms with van der Waals surface area (Å²) in [6.07, 6.45) is 28.8. The Kier molecular flexibility index (Phi) is 20.8. The van der Waals surface area contributed by atoms with Crippen LogP contribution >= 0.6 is 0 Å². The Morgan fingerprint density at radius 1 is 0.235 bits per heavy atom. The predicted octanol–water partition coefficient (Wildman–Crippen LogP) is 23.2. The third-order valence-electron chi connectivity index (χ3n) is 21.8. The van der Waals surface area contributed by atoms with Crippen molar-refractivity contribution in [2.45, 2.75) is 155 Å². The van der Waals surface area contributed by atoms with Crippen LogP contribution in [0.1, 0.15) is 153 Å². The molecule has 2 N–H and O–H groups in total. The van der Waals surface area contributed by atoms with Crippen molar-refractivity contribution in [3.8, 4) is 33.8 Å². The predicted molar refractivity (Wildman–Crippen MR) is 414 cm³/mol. The topological polar surface area (TPSA) is 95.8 Å². The van der Waals surface area contributed by atoms with E-state index in [1.54, 1.807) is 0 Å². The maximum atomic E-state index is 9.09. The van der Waals surface area contributed by atoms with E-state index in [2.05, 4.69) is 147 Å². The fourth-order valence-corrected chi connectivity index (χ4v) is 17.2. The number of aliphatic hydroxyl groups excluding tert-OH is 2. The largest absolute Gasteiger partial charge is 0.491 e. The molecule has 0 unspecified atom stereocenters. The van der Waals surface area contributed by atoms with Crippen LogP contribution in [0.25, 0.3) is 152 Å². The number of benzene rings is 15. The zero-order chi connectivity index (χ0) is 66.3. The van der Waals surface area contributed by atoms with Gasteiger partial charge in [-0.2, -0.15) is 0 Å². The second-order valence-electron chi connectivity index (χ2n) is 28.2. The lowest BCUT2D eigenvalue weighted by Gasteiger charge is -2.30. The van der Waals surface area contributed by atoms with Crippen LogP contribution in [0.5, 0.6) is 11.5 Å². The van der Waals surface area contributed by atoms with E-state index in [4.69, 9.17) is 38.6 Å². The van der Waals surface area contributed by atoms with E-state index in [1.165, 1.54) is 280 Å². The third-order valence-corrected chi connectivity index (χ3v) is 21.8. The highest BCUT2D eigenvalue weighted by Crippen LogP contribution is 2.61. The lowest BCUT2D eigenvalue weighted by atomic mass is 9.72. The minimum atomic E-state index is 0.00508. The monoisotopic (exact) mass is 1310 g/mol. The van der Waals surface area contributed by atoms with Crippen LogP contribution in [0, 0.1) is 0 Å². The van der Waals surface area contributed by atoms with Crippen LogP contribution in [0.2, 0.25) is 0 Å². The van der Waals surface area contributed by atoms with Crippen molar-refractivity contribution in [2.24, 2.45) is 0 Å². The van der Waals surface area contributed by atoms with Gasteiger partial charge in [-0.15, -0.1) is 0 Å². The van der Waals surface area contributed by atoms with E-state index >= 15 is 0 Å². The van der Waals surface area contributed by atoms with Gasteiger partial charge < -0.3 is 38.6 Å². The highest BCUT2D eigenvalue weighted by Gasteiger charge is 2.32. The first-order valence-corrected chi connectivity index (χ1v) is 37.8. The van der Waals surface area contributed by atoms with Crippen LogP contribution in [-0.4, -0.2) is 89.5 Å². The molecule has 15 aromatic rings. The average Bonchev–Trinajstić information content (AvgIpc) is 0.644. The van der Waals surface area contributed by atoms with Crippen molar-refractivity contribution >= 4 is 129 Å². The first-order chi connectivity index (χ1) is 48.6. The van der Waals surface area contributed by atoms with Crippen molar-refractivity contribution in [3.63, 3.8) is 0 Å². The Morgan fingerprint density at radius 3 is 0.806 bits per heavy atom. The molecule has 506 valence electrons. The first kappa shape index (κ1) is 66.2. The second kappa shape index (κ2) is 30.8. The standard InChI is InChI=1S/C90H98O8/c1-3-5-7-9-11-13-15-17-19-21-25-59-51-71-67-27-23-29-69-75-55-63(61-31-35-65(36-32-61)97-49-47-95-45-43-93-41-39-91)57-77-78-58-64(62-33-37-66(38-34-62)98-50-48-96-46-44-94-42-40-92)56-76-70-30-24-28-68-72-52-60(26-22-20-18-16-14-12-10-8-6-4-2)54-74-73(53-59)81(71)87-85(79(67)69)89(83(75)77)90(84(76)78)86(80(68)70)88(87)82(72)74/h23-24,27-38,51-58,91-92H,3-22,25-26,39-50H2,1-2H3. The molecule has 8 nitrogen and oxygen atoms in total. The van der Waals surface area contributed by atoms with E-state index in [1.807, 2.05) is 0 Å². The molecule has 0 heterocycles. The maximum Gasteiger partial charge on any atom is 0.119 e. The van der Waals surface area contributed by atoms with Gasteiger partial charge in [0.1, 0.15) is 24.7 Å². The van der Waals surface area contributed by atoms with E-state index in [0.29, 0.717) is 66.1 Å². The molecule has 0 fully saturated rings. The molecular weight excluding hydrogens is 1210 g/mol. The van der Waals surface area contributed by atoms with Gasteiger partial charge in [0.25, 0.3) is 0 Å². The highest BCUT2D eigenvalue weighted by atomic mass is 16.6. The molecule has 15 rings (SSSR count). The molecule has 0 aromatic heterocycles. The van der Waals surface area contributed by atoms with Crippen molar-refractivity contribution in [2.75, 3.05) is 79.3 Å². The summed E-state index contributed by atoms with van der Waals surface area (Å²) in [5, 5.41) is 51.3. The fraction of sp³-hybridized carbons (Fsp3) is 0.400. The van der Waals surface area contributed by atoms with Crippen molar-refractivity contribution < 1.29 is 38.6 Å². The maximum absolute atomic E-state index is 9.09. The Morgan fingerprint density at radius 2 is 0.490 bits per heavy atom. The number of ether oxygens (including phenoxy) is 6. The van der Waals surface area contributed by atoms with Gasteiger partial charge in [-0.05, 0) is 237 Å². The molecule has 8 heteroatoms. The molecular formula is C90H98O8. The van der Waals surface area contributed by atoms with E-state index in [9.17, 15) is 0 Å². The van der Waals surface area contributed by atoms with Crippen molar-refractivity contribution in [3.05, 3.63) is 145 Å². The smallest absolute Gasteiger partial charge is 0.119 e. The summed E-state index contributed by atoms with van der Waals surface area (Å²) in [5.74, 6) is 1.60. The Labute approximate surface area is 577 Å². The Bertz CT molecular complexity index is 4730. The summed E-state index contributed by atoms with van der Waals surface area (Å²) < 4.78 is 34.8. The van der Waals surface area contributed by atoms with Gasteiger partial charge in [0.05, 0.1) is 66.1 Å². The normalized spacial score (nSPS) is 12.6. The molecule has 98 heavy (non-hydrogen) atoms. The minimum absolute atomic E-state index is 0.00508. The Balaban J connectivity index is 0.915. The summed E-state index contributed by atoms with van der Waals surface area (Å²) in [5.41, 5.74) is 7.55. The summed E-state index contributed by atoms with van der Waals surface area (Å²) in [6.45, 7) is 8.79. The zero-order valence-corrected chi connectivity index (χ0v) is 58.1. The van der Waals surface area contributed by atoms with Gasteiger partial charge in [-0.3, -0.25) is 0 Å². The van der Waals surface area contributed by atoms with Gasteiger partial charge in [0.2, 0.25) is 0 Å². The van der Waals surface area contributed by atoms with Gasteiger partial charge in [0.15, 0.2) is 0 Å². The molecule has 0 aliphatic carbocycles. The second-order valence-corrected chi connectivity index (χ2v) is 28.2. The van der Waals surface area contributed by atoms with Crippen LogP contribution in [0.15, 0.2) is 133 Å². The van der Waals surface area contributed by atoms with Crippen LogP contribution < -0.4 is 9.47 Å². The van der Waals surface area contributed by atoms with Crippen LogP contribution in [0.4, 0.5) is 0 Å². The van der Waals surface area contributed by atoms with Gasteiger partial charge in [0, 0.05) is 0 Å². The molecule has 0 atom stereocenters. The number of rotatable bonds is 42. The number of aryl methyl sites for hydroxylation is 2. The van der Waals surface area contributed by atoms with Crippen molar-refractivity contribution in [1.29, 1.82) is 0 Å². The van der Waals surface area contributed by atoms with Crippen LogP contribution in [0.3, 0.4) is 0 Å². The first-order valence-electron chi connectivity index (χ1n) is 37.8. The summed E-state index contributed by atoms with van der Waals surface area (Å²) in [4.78, 5) is 0. The molecule has 0 radical (unpaired) electrons. The molecule has 0 aliphatic heterocycles. The number of fused-ring (bicyclic) bond motifs is 6. The quantitative estimate of drug-likeness (QED) is 0.0222. The van der Waals surface area contributed by atoms with E-state index in [-0.39, 0.29) is 13.2 Å². The molecule has 0 saturated heterocycles. The molecule has 0 saturated carbocycles. The molecule has 0 spiro atoms. The highest BCUT2D eigenvalue weighted by molar-refractivity contribution is 6.61. The van der Waals surface area contributed by atoms with Crippen LogP contribution in [-0.2, 0) is 31.8 Å². The zero-order valence-electron chi connectivity index (χ0n) is 58.1. The molecule has 0 bridgehead atoms. The SMILES string of the molecule is CCCCCCCCCCCCc1cc2c3cccc4c5cc(-c6ccc(OCCOCCOCCO)cc6)cc6c7cc(-c8ccc(OCCOCCOCCO)cc8)cc8c9cccc%10c%11cc(CCCCCCCCCCCC)cc%12c(c1)c2c1c(c34)c(c56)c(c87)c(c%109)c1c%11%12. The summed E-state index contributed by atoms with van der Waals surface area (Å²) in [6, 6.07) is 52.5. The van der Waals surface area contributed by atoms with Gasteiger partial charge in [-0.1, -0.05) is 214 Å². The van der Waals surface area contributed by atoms with E-state index < -0.39 is 0 Å². The summed E-state index contributed by atoms with van der Waals surface area (Å²) in [7, 11) is 0. The number of unbranched alkanes of at least 4 members (excludes halogenated alkanes) is 18. The third kappa shape index (κ3) is 12.9. The van der Waals surface area contributed by atoms with E-state index in [0.717, 1.165) is 35.5 Å². The minimum Gasteiger partial charge on any atom is -0.491 e. The van der Waals surface area contributed by atoms with Gasteiger partial charge in [-0.25, -0.2) is 0 Å².